The Morgan fingerprint density at radius 2 is 2.16 bits per heavy atom. The molecule has 0 atom stereocenters. The molecular weight excluding hydrogens is 244 g/mol. The topological polar surface area (TPSA) is 92.5 Å². The lowest BCUT2D eigenvalue weighted by atomic mass is 10.3. The van der Waals surface area contributed by atoms with Gasteiger partial charge in [0, 0.05) is 6.20 Å². The normalized spacial score (nSPS) is 11.2. The largest absolute Gasteiger partial charge is 0.423 e. The number of rotatable bonds is 2. The minimum atomic E-state index is 0.399. The number of hydrogen-bond donors (Lipinski definition) is 2. The van der Waals surface area contributed by atoms with Crippen LogP contribution in [-0.2, 0) is 0 Å². The second kappa shape index (κ2) is 3.77. The maximum absolute atomic E-state index is 5.58. The van der Waals surface area contributed by atoms with E-state index in [-0.39, 0.29) is 0 Å². The van der Waals surface area contributed by atoms with Gasteiger partial charge in [0.05, 0.1) is 5.39 Å². The van der Waals surface area contributed by atoms with E-state index in [1.165, 1.54) is 6.33 Å². The number of anilines is 2. The van der Waals surface area contributed by atoms with E-state index in [1.807, 2.05) is 24.3 Å². The number of benzene rings is 1. The Bertz CT molecular complexity index is 832. The molecule has 0 saturated heterocycles. The van der Waals surface area contributed by atoms with Crippen molar-refractivity contribution in [1.29, 1.82) is 0 Å². The summed E-state index contributed by atoms with van der Waals surface area (Å²) < 4.78 is 5.58. The van der Waals surface area contributed by atoms with Crippen LogP contribution in [0.4, 0.5) is 11.8 Å². The molecule has 0 fully saturated rings. The maximum Gasteiger partial charge on any atom is 0.301 e. The van der Waals surface area contributed by atoms with Gasteiger partial charge < -0.3 is 4.42 Å². The molecule has 7 nitrogen and oxygen atoms in total. The Balaban J connectivity index is 1.78. The van der Waals surface area contributed by atoms with Crippen LogP contribution in [0, 0.1) is 0 Å². The summed E-state index contributed by atoms with van der Waals surface area (Å²) in [6.07, 6.45) is 3.13. The summed E-state index contributed by atoms with van der Waals surface area (Å²) in [4.78, 5) is 12.3. The van der Waals surface area contributed by atoms with Crippen LogP contribution in [-0.4, -0.2) is 25.1 Å². The summed E-state index contributed by atoms with van der Waals surface area (Å²) in [6, 6.07) is 7.96. The number of H-pyrrole nitrogens is 1. The molecule has 0 aliphatic heterocycles. The van der Waals surface area contributed by atoms with E-state index in [1.54, 1.807) is 6.20 Å². The average molecular weight is 252 g/mol. The van der Waals surface area contributed by atoms with Crippen molar-refractivity contribution in [3.8, 4) is 0 Å². The summed E-state index contributed by atoms with van der Waals surface area (Å²) in [5.41, 5.74) is 2.11. The van der Waals surface area contributed by atoms with Crippen LogP contribution >= 0.6 is 0 Å². The number of nitrogens with one attached hydrogen (secondary N) is 2. The highest BCUT2D eigenvalue weighted by molar-refractivity contribution is 5.87. The summed E-state index contributed by atoms with van der Waals surface area (Å²) in [6.45, 7) is 0. The van der Waals surface area contributed by atoms with Crippen LogP contribution in [0.15, 0.2) is 41.2 Å². The van der Waals surface area contributed by atoms with Crippen molar-refractivity contribution < 1.29 is 4.42 Å². The van der Waals surface area contributed by atoms with Gasteiger partial charge in [-0.05, 0) is 12.1 Å². The molecule has 3 aromatic heterocycles. The van der Waals surface area contributed by atoms with Crippen LogP contribution in [0.25, 0.3) is 22.1 Å². The van der Waals surface area contributed by atoms with Gasteiger partial charge in [0.25, 0.3) is 0 Å². The quantitative estimate of drug-likeness (QED) is 0.568. The van der Waals surface area contributed by atoms with Crippen LogP contribution in [0.2, 0.25) is 0 Å². The smallest absolute Gasteiger partial charge is 0.301 e. The first-order valence-electron chi connectivity index (χ1n) is 5.67. The second-order valence-electron chi connectivity index (χ2n) is 3.97. The highest BCUT2D eigenvalue weighted by atomic mass is 16.4. The van der Waals surface area contributed by atoms with Gasteiger partial charge in [-0.3, -0.25) is 10.4 Å². The predicted octanol–water partition coefficient (Wildman–Crippen LogP) is 2.24. The molecule has 4 aromatic rings. The summed E-state index contributed by atoms with van der Waals surface area (Å²) in [5, 5.41) is 10.7. The van der Waals surface area contributed by atoms with Gasteiger partial charge in [0.1, 0.15) is 17.7 Å². The van der Waals surface area contributed by atoms with Crippen molar-refractivity contribution in [3.05, 3.63) is 36.8 Å². The standard InChI is InChI=1S/C12H8N6O/c1-2-4-9-8(3-1)15-12(19-9)16-11-7-5-13-6-14-10(7)17-18-11/h1-6H,(H2,13,14,15,16,17,18). The Kier molecular flexibility index (Phi) is 1.99. The lowest BCUT2D eigenvalue weighted by molar-refractivity contribution is 0.622. The molecule has 3 heterocycles. The first-order chi connectivity index (χ1) is 9.40. The highest BCUT2D eigenvalue weighted by Gasteiger charge is 2.10. The zero-order valence-electron chi connectivity index (χ0n) is 9.66. The monoisotopic (exact) mass is 252 g/mol. The van der Waals surface area contributed by atoms with Gasteiger partial charge >= 0.3 is 6.01 Å². The second-order valence-corrected chi connectivity index (χ2v) is 3.97. The van der Waals surface area contributed by atoms with E-state index < -0.39 is 0 Å². The molecule has 0 amide bonds. The third-order valence-corrected chi connectivity index (χ3v) is 2.76. The molecule has 19 heavy (non-hydrogen) atoms. The van der Waals surface area contributed by atoms with Crippen LogP contribution in [0.5, 0.6) is 0 Å². The minimum Gasteiger partial charge on any atom is -0.423 e. The van der Waals surface area contributed by atoms with Gasteiger partial charge in [-0.1, -0.05) is 12.1 Å². The van der Waals surface area contributed by atoms with Crippen molar-refractivity contribution in [1.82, 2.24) is 25.1 Å². The third kappa shape index (κ3) is 1.60. The lowest BCUT2D eigenvalue weighted by Gasteiger charge is -1.96. The number of hydrogen-bond acceptors (Lipinski definition) is 6. The minimum absolute atomic E-state index is 0.399. The number of fused-ring (bicyclic) bond motifs is 2. The van der Waals surface area contributed by atoms with Gasteiger partial charge in [0.2, 0.25) is 0 Å². The number of para-hydroxylation sites is 2. The number of aromatic amines is 1. The summed E-state index contributed by atoms with van der Waals surface area (Å²) in [7, 11) is 0. The van der Waals surface area contributed by atoms with E-state index in [4.69, 9.17) is 4.42 Å². The fourth-order valence-corrected chi connectivity index (χ4v) is 1.89. The van der Waals surface area contributed by atoms with Gasteiger partial charge in [-0.25, -0.2) is 9.97 Å². The molecule has 92 valence electrons. The molecule has 0 aliphatic rings. The van der Waals surface area contributed by atoms with Crippen LogP contribution < -0.4 is 5.32 Å². The molecule has 0 unspecified atom stereocenters. The number of nitrogens with zero attached hydrogens (tertiary/aromatic N) is 4. The Labute approximate surface area is 106 Å². The molecule has 1 aromatic carbocycles. The fraction of sp³-hybridized carbons (Fsp3) is 0. The molecule has 0 spiro atoms. The molecule has 0 aliphatic carbocycles. The van der Waals surface area contributed by atoms with Crippen molar-refractivity contribution >= 4 is 34.0 Å². The van der Waals surface area contributed by atoms with Gasteiger partial charge in [-0.15, -0.1) is 0 Å². The predicted molar refractivity (Wildman–Crippen MR) is 69.0 cm³/mol. The van der Waals surface area contributed by atoms with Gasteiger partial charge in [0.15, 0.2) is 11.2 Å². The Hall–Kier alpha value is -2.96. The lowest BCUT2D eigenvalue weighted by Crippen LogP contribution is -1.91. The van der Waals surface area contributed by atoms with Crippen molar-refractivity contribution in [2.24, 2.45) is 0 Å². The van der Waals surface area contributed by atoms with E-state index in [2.05, 4.69) is 30.5 Å². The molecule has 2 N–H and O–H groups in total. The van der Waals surface area contributed by atoms with E-state index >= 15 is 0 Å². The number of oxazole rings is 1. The molecule has 4 rings (SSSR count). The van der Waals surface area contributed by atoms with E-state index in [9.17, 15) is 0 Å². The zero-order valence-corrected chi connectivity index (χ0v) is 9.66. The third-order valence-electron chi connectivity index (χ3n) is 2.76. The molecule has 7 heteroatoms. The number of aromatic nitrogens is 5. The Morgan fingerprint density at radius 3 is 3.11 bits per heavy atom. The van der Waals surface area contributed by atoms with Crippen molar-refractivity contribution in [2.75, 3.05) is 5.32 Å². The fourth-order valence-electron chi connectivity index (χ4n) is 1.89. The van der Waals surface area contributed by atoms with Crippen LogP contribution in [0.1, 0.15) is 0 Å². The summed E-state index contributed by atoms with van der Waals surface area (Å²) >= 11 is 0. The first kappa shape index (κ1) is 10.0. The van der Waals surface area contributed by atoms with E-state index in [0.717, 1.165) is 16.5 Å². The first-order valence-corrected chi connectivity index (χ1v) is 5.67. The highest BCUT2D eigenvalue weighted by Crippen LogP contribution is 2.24. The molecule has 0 saturated carbocycles. The zero-order chi connectivity index (χ0) is 12.7. The van der Waals surface area contributed by atoms with Gasteiger partial charge in [-0.2, -0.15) is 10.1 Å². The molecule has 0 bridgehead atoms. The molecular formula is C12H8N6O. The Morgan fingerprint density at radius 1 is 1.21 bits per heavy atom. The van der Waals surface area contributed by atoms with E-state index in [0.29, 0.717) is 17.5 Å². The summed E-state index contributed by atoms with van der Waals surface area (Å²) in [5.74, 6) is 0.655. The molecule has 0 radical (unpaired) electrons. The average Bonchev–Trinajstić information content (AvgIpc) is 3.03. The van der Waals surface area contributed by atoms with Crippen LogP contribution in [0.3, 0.4) is 0 Å². The van der Waals surface area contributed by atoms with Crippen molar-refractivity contribution in [3.63, 3.8) is 0 Å². The van der Waals surface area contributed by atoms with Crippen molar-refractivity contribution in [2.45, 2.75) is 0 Å². The SMILES string of the molecule is c1ccc2oc(Nc3[nH]nc4ncncc34)nc2c1. The maximum atomic E-state index is 5.58.